The molecule has 0 fully saturated rings. The summed E-state index contributed by atoms with van der Waals surface area (Å²) in [5.74, 6) is -0.0744. The van der Waals surface area contributed by atoms with Gasteiger partial charge in [0.1, 0.15) is 5.75 Å². The Hall–Kier alpha value is -3.38. The first kappa shape index (κ1) is 19.4. The lowest BCUT2D eigenvalue weighted by molar-refractivity contribution is -0.122. The molecule has 2 amide bonds. The van der Waals surface area contributed by atoms with Crippen LogP contribution in [0.25, 0.3) is 0 Å². The first-order valence-corrected chi connectivity index (χ1v) is 8.93. The second-order valence-corrected chi connectivity index (χ2v) is 6.41. The zero-order chi connectivity index (χ0) is 19.9. The van der Waals surface area contributed by atoms with E-state index in [1.54, 1.807) is 80.0 Å². The second-order valence-electron chi connectivity index (χ2n) is 5.98. The van der Waals surface area contributed by atoms with Crippen LogP contribution in [0.3, 0.4) is 0 Å². The maximum Gasteiger partial charge on any atom is 0.265 e. The van der Waals surface area contributed by atoms with Gasteiger partial charge in [0, 0.05) is 34.4 Å². The van der Waals surface area contributed by atoms with Gasteiger partial charge in [-0.2, -0.15) is 0 Å². The van der Waals surface area contributed by atoms with Gasteiger partial charge >= 0.3 is 0 Å². The number of nitrogens with one attached hydrogen (secondary N) is 2. The van der Waals surface area contributed by atoms with Gasteiger partial charge in [-0.15, -0.1) is 0 Å². The Labute approximate surface area is 167 Å². The van der Waals surface area contributed by atoms with Crippen molar-refractivity contribution in [1.29, 1.82) is 0 Å². The smallest absolute Gasteiger partial charge is 0.265 e. The summed E-state index contributed by atoms with van der Waals surface area (Å²) < 4.78 is 5.61. The Morgan fingerprint density at radius 2 is 1.64 bits per heavy atom. The third-order valence-electron chi connectivity index (χ3n) is 3.81. The minimum absolute atomic E-state index is 0.261. The Kier molecular flexibility index (Phi) is 6.24. The predicted molar refractivity (Wildman–Crippen MR) is 109 cm³/mol. The first-order chi connectivity index (χ1) is 13.5. The van der Waals surface area contributed by atoms with Crippen molar-refractivity contribution in [2.75, 3.05) is 10.6 Å². The number of amides is 2. The molecule has 1 heterocycles. The fraction of sp³-hybridized carbons (Fsp3) is 0.0952. The van der Waals surface area contributed by atoms with Gasteiger partial charge in [0.05, 0.1) is 0 Å². The number of ether oxygens (including phenoxy) is 1. The van der Waals surface area contributed by atoms with Gasteiger partial charge in [0.2, 0.25) is 0 Å². The molecule has 0 aliphatic heterocycles. The number of benzene rings is 2. The summed E-state index contributed by atoms with van der Waals surface area (Å²) in [4.78, 5) is 28.5. The Morgan fingerprint density at radius 3 is 2.36 bits per heavy atom. The molecule has 3 rings (SSSR count). The highest BCUT2D eigenvalue weighted by atomic mass is 35.5. The van der Waals surface area contributed by atoms with E-state index in [9.17, 15) is 9.59 Å². The first-order valence-electron chi connectivity index (χ1n) is 8.56. The zero-order valence-electron chi connectivity index (χ0n) is 15.1. The number of hydrogen-bond acceptors (Lipinski definition) is 4. The number of carbonyl (C=O) groups excluding carboxylic acids is 2. The number of hydrogen-bond donors (Lipinski definition) is 2. The third kappa shape index (κ3) is 5.31. The molecule has 142 valence electrons. The van der Waals surface area contributed by atoms with Crippen molar-refractivity contribution in [1.82, 2.24) is 4.98 Å². The van der Waals surface area contributed by atoms with Crippen LogP contribution in [-0.4, -0.2) is 22.9 Å². The maximum absolute atomic E-state index is 12.4. The van der Waals surface area contributed by atoms with Gasteiger partial charge in [0.15, 0.2) is 6.10 Å². The van der Waals surface area contributed by atoms with E-state index in [1.165, 1.54) is 0 Å². The van der Waals surface area contributed by atoms with Crippen molar-refractivity contribution >= 4 is 34.8 Å². The highest BCUT2D eigenvalue weighted by molar-refractivity contribution is 6.30. The van der Waals surface area contributed by atoms with Gasteiger partial charge in [-0.05, 0) is 55.5 Å². The van der Waals surface area contributed by atoms with Crippen molar-refractivity contribution in [3.05, 3.63) is 83.6 Å². The number of rotatable bonds is 6. The van der Waals surface area contributed by atoms with Crippen molar-refractivity contribution in [2.24, 2.45) is 0 Å². The fourth-order valence-corrected chi connectivity index (χ4v) is 2.60. The number of carbonyl (C=O) groups is 2. The lowest BCUT2D eigenvalue weighted by atomic mass is 10.2. The van der Waals surface area contributed by atoms with Gasteiger partial charge in [-0.25, -0.2) is 0 Å². The molecule has 1 atom stereocenters. The average molecular weight is 396 g/mol. The summed E-state index contributed by atoms with van der Waals surface area (Å²) in [5.41, 5.74) is 1.59. The van der Waals surface area contributed by atoms with Crippen LogP contribution < -0.4 is 15.4 Å². The lowest BCUT2D eigenvalue weighted by Gasteiger charge is -2.15. The van der Waals surface area contributed by atoms with Crippen LogP contribution in [0.5, 0.6) is 5.75 Å². The molecule has 0 spiro atoms. The Bertz CT molecular complexity index is 979. The predicted octanol–water partition coefficient (Wildman–Crippen LogP) is 4.39. The molecule has 1 unspecified atom stereocenters. The van der Waals surface area contributed by atoms with E-state index in [0.29, 0.717) is 27.7 Å². The van der Waals surface area contributed by atoms with Gasteiger partial charge < -0.3 is 15.4 Å². The van der Waals surface area contributed by atoms with Crippen molar-refractivity contribution < 1.29 is 14.3 Å². The van der Waals surface area contributed by atoms with Crippen LogP contribution in [0.15, 0.2) is 73.1 Å². The molecule has 0 saturated carbocycles. The van der Waals surface area contributed by atoms with Crippen molar-refractivity contribution in [3.8, 4) is 5.75 Å². The fourth-order valence-electron chi connectivity index (χ4n) is 2.42. The number of halogens is 1. The number of nitrogens with zero attached hydrogens (tertiary/aromatic N) is 1. The van der Waals surface area contributed by atoms with E-state index < -0.39 is 6.10 Å². The standard InChI is InChI=1S/C21H18ClN3O3/c1-14(28-19-7-2-4-16(22)12-19)20(26)24-17-5-3-6-18(13-17)25-21(27)15-8-10-23-11-9-15/h2-14H,1H3,(H,24,26)(H,25,27). The largest absolute Gasteiger partial charge is 0.481 e. The maximum atomic E-state index is 12.4. The Balaban J connectivity index is 1.62. The van der Waals surface area contributed by atoms with Crippen LogP contribution >= 0.6 is 11.6 Å². The number of anilines is 2. The van der Waals surface area contributed by atoms with Crippen molar-refractivity contribution in [2.45, 2.75) is 13.0 Å². The van der Waals surface area contributed by atoms with Gasteiger partial charge in [-0.1, -0.05) is 23.7 Å². The molecule has 2 N–H and O–H groups in total. The average Bonchev–Trinajstić information content (AvgIpc) is 2.69. The summed E-state index contributed by atoms with van der Waals surface area (Å²) in [6.45, 7) is 1.64. The van der Waals surface area contributed by atoms with E-state index in [-0.39, 0.29) is 11.8 Å². The highest BCUT2D eigenvalue weighted by Crippen LogP contribution is 2.20. The van der Waals surface area contributed by atoms with Gasteiger partial charge in [0.25, 0.3) is 11.8 Å². The van der Waals surface area contributed by atoms with Crippen molar-refractivity contribution in [3.63, 3.8) is 0 Å². The molecule has 28 heavy (non-hydrogen) atoms. The molecule has 2 aromatic carbocycles. The minimum Gasteiger partial charge on any atom is -0.481 e. The zero-order valence-corrected chi connectivity index (χ0v) is 15.8. The number of aromatic nitrogens is 1. The monoisotopic (exact) mass is 395 g/mol. The van der Waals surface area contributed by atoms with Crippen LogP contribution in [0.2, 0.25) is 5.02 Å². The molecule has 7 heteroatoms. The van der Waals surface area contributed by atoms with Crippen LogP contribution in [0, 0.1) is 0 Å². The number of pyridine rings is 1. The molecular formula is C21H18ClN3O3. The molecular weight excluding hydrogens is 378 g/mol. The quantitative estimate of drug-likeness (QED) is 0.648. The highest BCUT2D eigenvalue weighted by Gasteiger charge is 2.15. The van der Waals surface area contributed by atoms with Gasteiger partial charge in [-0.3, -0.25) is 14.6 Å². The van der Waals surface area contributed by atoms with E-state index in [2.05, 4.69) is 15.6 Å². The summed E-state index contributed by atoms with van der Waals surface area (Å²) in [5, 5.41) is 6.09. The third-order valence-corrected chi connectivity index (χ3v) is 4.04. The minimum atomic E-state index is -0.728. The molecule has 0 bridgehead atoms. The second kappa shape index (κ2) is 9.01. The molecule has 3 aromatic rings. The summed E-state index contributed by atoms with van der Waals surface area (Å²) in [6.07, 6.45) is 2.37. The molecule has 0 saturated heterocycles. The molecule has 0 aliphatic carbocycles. The van der Waals surface area contributed by atoms with E-state index in [1.807, 2.05) is 0 Å². The molecule has 1 aromatic heterocycles. The van der Waals surface area contributed by atoms with Crippen LogP contribution in [-0.2, 0) is 4.79 Å². The van der Waals surface area contributed by atoms with E-state index in [0.717, 1.165) is 0 Å². The normalized spacial score (nSPS) is 11.4. The summed E-state index contributed by atoms with van der Waals surface area (Å²) in [6, 6.07) is 17.0. The van der Waals surface area contributed by atoms with Crippen LogP contribution in [0.4, 0.5) is 11.4 Å². The summed E-state index contributed by atoms with van der Waals surface area (Å²) in [7, 11) is 0. The molecule has 6 nitrogen and oxygen atoms in total. The topological polar surface area (TPSA) is 80.3 Å². The Morgan fingerprint density at radius 1 is 0.964 bits per heavy atom. The van der Waals surface area contributed by atoms with E-state index >= 15 is 0 Å². The SMILES string of the molecule is CC(Oc1cccc(Cl)c1)C(=O)Nc1cccc(NC(=O)c2ccncc2)c1. The van der Waals surface area contributed by atoms with Crippen LogP contribution in [0.1, 0.15) is 17.3 Å². The summed E-state index contributed by atoms with van der Waals surface area (Å²) >= 11 is 5.92. The molecule has 0 aliphatic rings. The lowest BCUT2D eigenvalue weighted by Crippen LogP contribution is -2.30. The molecule has 0 radical (unpaired) electrons. The van der Waals surface area contributed by atoms with E-state index in [4.69, 9.17) is 16.3 Å².